The number of aromatic carboxylic acids is 1. The van der Waals surface area contributed by atoms with E-state index in [0.717, 1.165) is 88.2 Å². The van der Waals surface area contributed by atoms with Crippen molar-refractivity contribution in [2.75, 3.05) is 53.7 Å². The van der Waals surface area contributed by atoms with Crippen LogP contribution in [0.1, 0.15) is 66.4 Å². The van der Waals surface area contributed by atoms with Gasteiger partial charge in [0.15, 0.2) is 0 Å². The Hall–Kier alpha value is -3.20. The number of hydrogen-bond acceptors (Lipinski definition) is 6. The van der Waals surface area contributed by atoms with Gasteiger partial charge in [-0.25, -0.2) is 4.79 Å². The quantitative estimate of drug-likeness (QED) is 0.156. The Morgan fingerprint density at radius 2 is 1.54 bits per heavy atom. The molecule has 1 atom stereocenters. The minimum absolute atomic E-state index is 0.165. The highest BCUT2D eigenvalue weighted by atomic mass is 16.5. The molecule has 8 heteroatoms. The second-order valence-electron chi connectivity index (χ2n) is 10.2. The van der Waals surface area contributed by atoms with Gasteiger partial charge in [0.25, 0.3) is 0 Å². The van der Waals surface area contributed by atoms with E-state index < -0.39 is 11.9 Å². The molecule has 1 unspecified atom stereocenters. The first-order chi connectivity index (χ1) is 19.9. The fourth-order valence-electron chi connectivity index (χ4n) is 4.60. The van der Waals surface area contributed by atoms with E-state index in [1.165, 1.54) is 0 Å². The Bertz CT molecular complexity index is 1030. The summed E-state index contributed by atoms with van der Waals surface area (Å²) in [5.41, 5.74) is 2.33. The van der Waals surface area contributed by atoms with Crippen LogP contribution in [0.3, 0.4) is 0 Å². The van der Waals surface area contributed by atoms with E-state index in [9.17, 15) is 14.7 Å². The number of para-hydroxylation sites is 1. The molecule has 0 saturated heterocycles. The molecule has 0 bridgehead atoms. The van der Waals surface area contributed by atoms with Crippen molar-refractivity contribution in [3.63, 3.8) is 0 Å². The number of methoxy groups -OCH3 is 2. The third-order valence-corrected chi connectivity index (χ3v) is 6.98. The number of hydrogen-bond donors (Lipinski definition) is 2. The van der Waals surface area contributed by atoms with E-state index >= 15 is 0 Å². The molecule has 226 valence electrons. The van der Waals surface area contributed by atoms with Gasteiger partial charge in [-0.2, -0.15) is 0 Å². The molecular weight excluding hydrogens is 522 g/mol. The summed E-state index contributed by atoms with van der Waals surface area (Å²) < 4.78 is 16.6. The molecule has 0 aliphatic carbocycles. The lowest BCUT2D eigenvalue weighted by molar-refractivity contribution is -0.137. The van der Waals surface area contributed by atoms with Crippen molar-refractivity contribution in [3.05, 3.63) is 71.3 Å². The molecule has 0 spiro atoms. The molecule has 2 aromatic carbocycles. The lowest BCUT2D eigenvalue weighted by atomic mass is 9.92. The van der Waals surface area contributed by atoms with Crippen LogP contribution in [0, 0.1) is 5.92 Å². The maximum atomic E-state index is 11.2. The van der Waals surface area contributed by atoms with Gasteiger partial charge in [0.05, 0.1) is 25.4 Å². The molecule has 8 nitrogen and oxygen atoms in total. The molecular formula is C33H47NO7. The van der Waals surface area contributed by atoms with Gasteiger partial charge in [-0.05, 0) is 74.8 Å². The Kier molecular flexibility index (Phi) is 17.1. The van der Waals surface area contributed by atoms with Crippen LogP contribution in [-0.2, 0) is 20.7 Å². The Labute approximate surface area is 244 Å². The summed E-state index contributed by atoms with van der Waals surface area (Å²) in [6, 6.07) is 15.0. The highest BCUT2D eigenvalue weighted by molar-refractivity contribution is 5.87. The van der Waals surface area contributed by atoms with Crippen LogP contribution in [0.2, 0.25) is 0 Å². The van der Waals surface area contributed by atoms with Crippen molar-refractivity contribution in [2.24, 2.45) is 5.92 Å². The number of allylic oxidation sites excluding steroid dienone is 1. The van der Waals surface area contributed by atoms with E-state index in [4.69, 9.17) is 19.3 Å². The van der Waals surface area contributed by atoms with Gasteiger partial charge < -0.3 is 24.4 Å². The fourth-order valence-corrected chi connectivity index (χ4v) is 4.60. The Balaban J connectivity index is 1.92. The number of ether oxygens (including phenoxy) is 3. The third-order valence-electron chi connectivity index (χ3n) is 6.98. The number of carboxylic acid groups (broad SMARTS) is 2. The maximum Gasteiger partial charge on any atom is 0.335 e. The number of benzene rings is 2. The Morgan fingerprint density at radius 3 is 2.20 bits per heavy atom. The average Bonchev–Trinajstić information content (AvgIpc) is 2.97. The molecule has 2 aromatic rings. The molecule has 0 heterocycles. The standard InChI is InChI=1S/C33H47NO7/c1-39-24-21-34(22-25-40-2)20-8-3-9-23-41-31-12-6-5-11-29(31)17-14-27(10-4-7-13-32(35)36)26-28-15-18-30(19-16-28)33(37)38/h5-6,11-12,14-19,27H,3-4,7-10,13,20-26H2,1-2H3,(H,35,36)(H,37,38)/b17-14+. The second kappa shape index (κ2) is 20.6. The third kappa shape index (κ3) is 14.8. The first kappa shape index (κ1) is 34.0. The minimum Gasteiger partial charge on any atom is -0.493 e. The van der Waals surface area contributed by atoms with Crippen LogP contribution in [0.25, 0.3) is 6.08 Å². The van der Waals surface area contributed by atoms with E-state index in [-0.39, 0.29) is 17.9 Å². The van der Waals surface area contributed by atoms with Crippen molar-refractivity contribution < 1.29 is 34.0 Å². The number of rotatable bonds is 23. The molecule has 0 aliphatic heterocycles. The van der Waals surface area contributed by atoms with E-state index in [2.05, 4.69) is 17.1 Å². The lowest BCUT2D eigenvalue weighted by Crippen LogP contribution is -2.31. The van der Waals surface area contributed by atoms with Gasteiger partial charge in [-0.1, -0.05) is 48.9 Å². The predicted octanol–water partition coefficient (Wildman–Crippen LogP) is 6.05. The molecule has 0 saturated carbocycles. The first-order valence-electron chi connectivity index (χ1n) is 14.6. The summed E-state index contributed by atoms with van der Waals surface area (Å²) >= 11 is 0. The van der Waals surface area contributed by atoms with Crippen LogP contribution in [0.4, 0.5) is 0 Å². The van der Waals surface area contributed by atoms with E-state index in [0.29, 0.717) is 13.0 Å². The Morgan fingerprint density at radius 1 is 0.829 bits per heavy atom. The summed E-state index contributed by atoms with van der Waals surface area (Å²) in [7, 11) is 3.45. The predicted molar refractivity (Wildman–Crippen MR) is 162 cm³/mol. The molecule has 0 fully saturated rings. The van der Waals surface area contributed by atoms with Gasteiger partial charge in [-0.3, -0.25) is 9.69 Å². The molecule has 0 radical (unpaired) electrons. The number of carboxylic acids is 2. The van der Waals surface area contributed by atoms with Crippen molar-refractivity contribution in [1.29, 1.82) is 0 Å². The first-order valence-corrected chi connectivity index (χ1v) is 14.6. The maximum absolute atomic E-state index is 11.2. The van der Waals surface area contributed by atoms with Crippen molar-refractivity contribution in [3.8, 4) is 5.75 Å². The molecule has 0 aliphatic rings. The summed E-state index contributed by atoms with van der Waals surface area (Å²) in [6.07, 6.45) is 10.6. The molecule has 2 N–H and O–H groups in total. The van der Waals surface area contributed by atoms with Gasteiger partial charge >= 0.3 is 11.9 Å². The summed E-state index contributed by atoms with van der Waals surface area (Å²) in [4.78, 5) is 24.5. The largest absolute Gasteiger partial charge is 0.493 e. The zero-order chi connectivity index (χ0) is 29.7. The molecule has 41 heavy (non-hydrogen) atoms. The number of unbranched alkanes of at least 4 members (excludes halogenated alkanes) is 3. The van der Waals surface area contributed by atoms with Gasteiger partial charge in [0.2, 0.25) is 0 Å². The molecule has 0 aromatic heterocycles. The van der Waals surface area contributed by atoms with Crippen LogP contribution >= 0.6 is 0 Å². The van der Waals surface area contributed by atoms with Gasteiger partial charge in [0.1, 0.15) is 5.75 Å². The topological polar surface area (TPSA) is 106 Å². The summed E-state index contributed by atoms with van der Waals surface area (Å²) in [5, 5.41) is 18.2. The van der Waals surface area contributed by atoms with Crippen molar-refractivity contribution in [2.45, 2.75) is 51.4 Å². The van der Waals surface area contributed by atoms with E-state index in [1.807, 2.05) is 36.4 Å². The highest BCUT2D eigenvalue weighted by Gasteiger charge is 2.10. The molecule has 2 rings (SSSR count). The van der Waals surface area contributed by atoms with Crippen LogP contribution < -0.4 is 4.74 Å². The minimum atomic E-state index is -0.940. The summed E-state index contributed by atoms with van der Waals surface area (Å²) in [6.45, 7) is 4.91. The van der Waals surface area contributed by atoms with Crippen LogP contribution in [-0.4, -0.2) is 80.7 Å². The highest BCUT2D eigenvalue weighted by Crippen LogP contribution is 2.24. The SMILES string of the molecule is COCCN(CCCCCOc1ccccc1/C=C/C(CCCCC(=O)O)Cc1ccc(C(=O)O)cc1)CCOC. The van der Waals surface area contributed by atoms with Crippen LogP contribution in [0.15, 0.2) is 54.6 Å². The zero-order valence-corrected chi connectivity index (χ0v) is 24.6. The monoisotopic (exact) mass is 569 g/mol. The van der Waals surface area contributed by atoms with Crippen molar-refractivity contribution in [1.82, 2.24) is 4.90 Å². The normalized spacial score (nSPS) is 12.2. The number of carbonyl (C=O) groups is 2. The van der Waals surface area contributed by atoms with Crippen LogP contribution in [0.5, 0.6) is 5.75 Å². The van der Waals surface area contributed by atoms with E-state index in [1.54, 1.807) is 26.4 Å². The van der Waals surface area contributed by atoms with Crippen molar-refractivity contribution >= 4 is 18.0 Å². The van der Waals surface area contributed by atoms with Gasteiger partial charge in [-0.15, -0.1) is 0 Å². The molecule has 0 amide bonds. The fraction of sp³-hybridized carbons (Fsp3) is 0.515. The average molecular weight is 570 g/mol. The lowest BCUT2D eigenvalue weighted by Gasteiger charge is -2.21. The number of aliphatic carboxylic acids is 1. The zero-order valence-electron chi connectivity index (χ0n) is 24.6. The van der Waals surface area contributed by atoms with Gasteiger partial charge in [0, 0.05) is 39.3 Å². The summed E-state index contributed by atoms with van der Waals surface area (Å²) in [5.74, 6) is -0.681. The second-order valence-corrected chi connectivity index (χ2v) is 10.2. The number of nitrogens with zero attached hydrogens (tertiary/aromatic N) is 1. The smallest absolute Gasteiger partial charge is 0.335 e.